The predicted molar refractivity (Wildman–Crippen MR) is 69.7 cm³/mol. The number of esters is 1. The van der Waals surface area contributed by atoms with Crippen LogP contribution in [0.2, 0.25) is 0 Å². The van der Waals surface area contributed by atoms with E-state index in [1.54, 1.807) is 0 Å². The first-order chi connectivity index (χ1) is 8.79. The Morgan fingerprint density at radius 2 is 1.78 bits per heavy atom. The molecule has 0 saturated heterocycles. The maximum absolute atomic E-state index is 12.0. The molecule has 18 heavy (non-hydrogen) atoms. The van der Waals surface area contributed by atoms with Gasteiger partial charge >= 0.3 is 5.97 Å². The van der Waals surface area contributed by atoms with E-state index in [2.05, 4.69) is 19.1 Å². The van der Waals surface area contributed by atoms with E-state index in [-0.39, 0.29) is 11.9 Å². The van der Waals surface area contributed by atoms with E-state index < -0.39 is 0 Å². The van der Waals surface area contributed by atoms with Crippen LogP contribution in [0.1, 0.15) is 29.5 Å². The number of para-hydroxylation sites is 1. The second kappa shape index (κ2) is 4.30. The fourth-order valence-corrected chi connectivity index (χ4v) is 2.37. The van der Waals surface area contributed by atoms with Crippen molar-refractivity contribution in [1.82, 2.24) is 0 Å². The highest BCUT2D eigenvalue weighted by Gasteiger charge is 2.33. The van der Waals surface area contributed by atoms with Crippen LogP contribution < -0.4 is 4.74 Å². The van der Waals surface area contributed by atoms with Gasteiger partial charge in [0.05, 0.1) is 0 Å². The van der Waals surface area contributed by atoms with Gasteiger partial charge in [0.2, 0.25) is 0 Å². The molecule has 0 aliphatic carbocycles. The number of rotatable bonds is 2. The van der Waals surface area contributed by atoms with Crippen LogP contribution in [-0.2, 0) is 11.2 Å². The number of ether oxygens (including phenoxy) is 1. The highest BCUT2D eigenvalue weighted by Crippen LogP contribution is 2.38. The van der Waals surface area contributed by atoms with Gasteiger partial charge in [-0.15, -0.1) is 0 Å². The summed E-state index contributed by atoms with van der Waals surface area (Å²) in [5.74, 6) is 0.236. The van der Waals surface area contributed by atoms with Gasteiger partial charge in [-0.25, -0.2) is 0 Å². The maximum atomic E-state index is 12.0. The van der Waals surface area contributed by atoms with Gasteiger partial charge in [-0.05, 0) is 23.6 Å². The molecule has 0 radical (unpaired) electrons. The van der Waals surface area contributed by atoms with Crippen LogP contribution in [0, 0.1) is 0 Å². The number of carbonyl (C=O) groups is 1. The molecule has 0 saturated carbocycles. The summed E-state index contributed by atoms with van der Waals surface area (Å²) in [5, 5.41) is 0. The lowest BCUT2D eigenvalue weighted by Gasteiger charge is -2.08. The van der Waals surface area contributed by atoms with Crippen molar-refractivity contribution >= 4 is 5.97 Å². The first-order valence-corrected chi connectivity index (χ1v) is 6.19. The van der Waals surface area contributed by atoms with Gasteiger partial charge in [0.1, 0.15) is 11.7 Å². The minimum atomic E-state index is -0.271. The van der Waals surface area contributed by atoms with Crippen LogP contribution >= 0.6 is 0 Å². The third-order valence-electron chi connectivity index (χ3n) is 3.40. The van der Waals surface area contributed by atoms with Crippen molar-refractivity contribution in [2.75, 3.05) is 0 Å². The SMILES string of the molecule is CCc1ccc(C2C(=O)Oc3ccccc32)cc1. The first kappa shape index (κ1) is 11.0. The minimum Gasteiger partial charge on any atom is -0.425 e. The Morgan fingerprint density at radius 1 is 1.06 bits per heavy atom. The number of aryl methyl sites for hydroxylation is 1. The fourth-order valence-electron chi connectivity index (χ4n) is 2.37. The van der Waals surface area contributed by atoms with Crippen LogP contribution in [0.5, 0.6) is 5.75 Å². The topological polar surface area (TPSA) is 26.3 Å². The molecule has 2 heteroatoms. The van der Waals surface area contributed by atoms with Gasteiger partial charge in [0, 0.05) is 5.56 Å². The molecule has 0 bridgehead atoms. The molecule has 0 N–H and O–H groups in total. The summed E-state index contributed by atoms with van der Waals surface area (Å²) in [5.41, 5.74) is 3.24. The second-order valence-corrected chi connectivity index (χ2v) is 4.49. The molecule has 1 atom stereocenters. The van der Waals surface area contributed by atoms with Gasteiger partial charge in [0.15, 0.2) is 0 Å². The quantitative estimate of drug-likeness (QED) is 0.592. The molecule has 90 valence electrons. The highest BCUT2D eigenvalue weighted by molar-refractivity contribution is 5.89. The Balaban J connectivity index is 2.03. The second-order valence-electron chi connectivity index (χ2n) is 4.49. The summed E-state index contributed by atoms with van der Waals surface area (Å²) in [4.78, 5) is 12.0. The van der Waals surface area contributed by atoms with Gasteiger partial charge in [-0.1, -0.05) is 49.4 Å². The largest absolute Gasteiger partial charge is 0.425 e. The summed E-state index contributed by atoms with van der Waals surface area (Å²) in [6.07, 6.45) is 1.01. The average molecular weight is 238 g/mol. The van der Waals surface area contributed by atoms with Gasteiger partial charge in [-0.2, -0.15) is 0 Å². The van der Waals surface area contributed by atoms with Crippen molar-refractivity contribution in [3.63, 3.8) is 0 Å². The Hall–Kier alpha value is -2.09. The zero-order valence-corrected chi connectivity index (χ0v) is 10.2. The molecule has 0 spiro atoms. The third-order valence-corrected chi connectivity index (χ3v) is 3.40. The molecule has 0 aromatic heterocycles. The first-order valence-electron chi connectivity index (χ1n) is 6.19. The van der Waals surface area contributed by atoms with Crippen molar-refractivity contribution in [1.29, 1.82) is 0 Å². The molecule has 2 aromatic carbocycles. The summed E-state index contributed by atoms with van der Waals surface area (Å²) < 4.78 is 5.29. The van der Waals surface area contributed by atoms with E-state index in [9.17, 15) is 4.79 Å². The Bertz CT molecular complexity index is 584. The normalized spacial score (nSPS) is 17.4. The van der Waals surface area contributed by atoms with Crippen LogP contribution in [0.3, 0.4) is 0 Å². The Labute approximate surface area is 106 Å². The van der Waals surface area contributed by atoms with Gasteiger partial charge in [0.25, 0.3) is 0 Å². The zero-order valence-electron chi connectivity index (χ0n) is 10.2. The summed E-state index contributed by atoms with van der Waals surface area (Å²) in [7, 11) is 0. The van der Waals surface area contributed by atoms with E-state index in [4.69, 9.17) is 4.74 Å². The van der Waals surface area contributed by atoms with E-state index in [1.807, 2.05) is 36.4 Å². The lowest BCUT2D eigenvalue weighted by Crippen LogP contribution is -2.11. The van der Waals surface area contributed by atoms with E-state index in [0.717, 1.165) is 17.5 Å². The minimum absolute atomic E-state index is 0.180. The molecular weight excluding hydrogens is 224 g/mol. The Kier molecular flexibility index (Phi) is 2.63. The average Bonchev–Trinajstić information content (AvgIpc) is 2.75. The molecule has 1 heterocycles. The zero-order chi connectivity index (χ0) is 12.5. The van der Waals surface area contributed by atoms with E-state index in [0.29, 0.717) is 5.75 Å². The van der Waals surface area contributed by atoms with Gasteiger partial charge < -0.3 is 4.74 Å². The lowest BCUT2D eigenvalue weighted by atomic mass is 9.92. The highest BCUT2D eigenvalue weighted by atomic mass is 16.5. The standard InChI is InChI=1S/C16H14O2/c1-2-11-7-9-12(10-8-11)15-13-5-3-4-6-14(13)18-16(15)17/h3-10,15H,2H2,1H3. The molecule has 3 rings (SSSR count). The molecule has 1 aliphatic rings. The predicted octanol–water partition coefficient (Wildman–Crippen LogP) is 3.30. The summed E-state index contributed by atoms with van der Waals surface area (Å²) in [6, 6.07) is 15.8. The summed E-state index contributed by atoms with van der Waals surface area (Å²) in [6.45, 7) is 2.12. The maximum Gasteiger partial charge on any atom is 0.323 e. The number of carbonyl (C=O) groups excluding carboxylic acids is 1. The third kappa shape index (κ3) is 1.70. The molecule has 1 unspecified atom stereocenters. The fraction of sp³-hybridized carbons (Fsp3) is 0.188. The van der Waals surface area contributed by atoms with Crippen molar-refractivity contribution in [2.45, 2.75) is 19.3 Å². The van der Waals surface area contributed by atoms with Crippen molar-refractivity contribution in [2.24, 2.45) is 0 Å². The monoisotopic (exact) mass is 238 g/mol. The van der Waals surface area contributed by atoms with Crippen molar-refractivity contribution in [3.8, 4) is 5.75 Å². The van der Waals surface area contributed by atoms with Crippen LogP contribution in [0.25, 0.3) is 0 Å². The number of benzene rings is 2. The van der Waals surface area contributed by atoms with E-state index >= 15 is 0 Å². The van der Waals surface area contributed by atoms with Crippen LogP contribution in [-0.4, -0.2) is 5.97 Å². The number of fused-ring (bicyclic) bond motifs is 1. The van der Waals surface area contributed by atoms with Crippen LogP contribution in [0.15, 0.2) is 48.5 Å². The van der Waals surface area contributed by atoms with E-state index in [1.165, 1.54) is 5.56 Å². The molecule has 0 amide bonds. The molecule has 1 aliphatic heterocycles. The van der Waals surface area contributed by atoms with Crippen molar-refractivity contribution in [3.05, 3.63) is 65.2 Å². The molecule has 0 fully saturated rings. The smallest absolute Gasteiger partial charge is 0.323 e. The molecule has 2 nitrogen and oxygen atoms in total. The van der Waals surface area contributed by atoms with Gasteiger partial charge in [-0.3, -0.25) is 4.79 Å². The Morgan fingerprint density at radius 3 is 2.50 bits per heavy atom. The summed E-state index contributed by atoms with van der Waals surface area (Å²) >= 11 is 0. The van der Waals surface area contributed by atoms with Crippen LogP contribution in [0.4, 0.5) is 0 Å². The number of hydrogen-bond acceptors (Lipinski definition) is 2. The molecule has 2 aromatic rings. The number of hydrogen-bond donors (Lipinski definition) is 0. The lowest BCUT2D eigenvalue weighted by molar-refractivity contribution is -0.133. The van der Waals surface area contributed by atoms with Crippen molar-refractivity contribution < 1.29 is 9.53 Å². The molecular formula is C16H14O2.